The van der Waals surface area contributed by atoms with Gasteiger partial charge in [-0.05, 0) is 51.6 Å². The minimum absolute atomic E-state index is 0.245. The fourth-order valence-electron chi connectivity index (χ4n) is 2.85. The van der Waals surface area contributed by atoms with E-state index in [0.29, 0.717) is 6.42 Å². The van der Waals surface area contributed by atoms with E-state index in [2.05, 4.69) is 36.6 Å². The molecule has 0 bridgehead atoms. The summed E-state index contributed by atoms with van der Waals surface area (Å²) in [4.78, 5) is 11.3. The molecule has 0 aliphatic carbocycles. The highest BCUT2D eigenvalue weighted by molar-refractivity contribution is 5.80. The van der Waals surface area contributed by atoms with E-state index in [1.807, 2.05) is 18.3 Å². The molecule has 0 amide bonds. The standard InChI is InChI=1S/C16H21NO2/c1-15(2,14(18)19)11-16(3,4)17-10-9-12-7-5-6-8-13(12)17/h5-10H,11H2,1-4H3,(H,18,19). The first-order valence-electron chi connectivity index (χ1n) is 6.54. The molecule has 0 radical (unpaired) electrons. The molecule has 1 heterocycles. The fraction of sp³-hybridized carbons (Fsp3) is 0.438. The molecule has 0 aliphatic rings. The molecule has 102 valence electrons. The molecule has 0 saturated carbocycles. The number of carboxylic acids is 1. The normalized spacial score (nSPS) is 12.8. The first-order valence-corrected chi connectivity index (χ1v) is 6.54. The smallest absolute Gasteiger partial charge is 0.309 e. The molecular formula is C16H21NO2. The molecule has 2 rings (SSSR count). The predicted molar refractivity (Wildman–Crippen MR) is 77.3 cm³/mol. The molecule has 1 aromatic heterocycles. The number of para-hydroxylation sites is 1. The van der Waals surface area contributed by atoms with Crippen LogP contribution in [-0.4, -0.2) is 15.6 Å². The minimum Gasteiger partial charge on any atom is -0.481 e. The first-order chi connectivity index (χ1) is 8.74. The number of aliphatic carboxylic acids is 1. The molecule has 1 N–H and O–H groups in total. The van der Waals surface area contributed by atoms with Crippen molar-refractivity contribution in [3.63, 3.8) is 0 Å². The Labute approximate surface area is 113 Å². The molecular weight excluding hydrogens is 238 g/mol. The topological polar surface area (TPSA) is 42.2 Å². The number of nitrogens with zero attached hydrogens (tertiary/aromatic N) is 1. The zero-order chi connectivity index (χ0) is 14.3. The van der Waals surface area contributed by atoms with Gasteiger partial charge in [-0.2, -0.15) is 0 Å². The van der Waals surface area contributed by atoms with E-state index in [1.165, 1.54) is 5.39 Å². The van der Waals surface area contributed by atoms with Crippen LogP contribution < -0.4 is 0 Å². The van der Waals surface area contributed by atoms with E-state index < -0.39 is 11.4 Å². The molecule has 19 heavy (non-hydrogen) atoms. The number of hydrogen-bond donors (Lipinski definition) is 1. The fourth-order valence-corrected chi connectivity index (χ4v) is 2.85. The zero-order valence-corrected chi connectivity index (χ0v) is 12.0. The number of carbonyl (C=O) groups is 1. The first kappa shape index (κ1) is 13.7. The Hall–Kier alpha value is -1.77. The SMILES string of the molecule is CC(C)(CC(C)(C)n1ccc2ccccc21)C(=O)O. The summed E-state index contributed by atoms with van der Waals surface area (Å²) >= 11 is 0. The lowest BCUT2D eigenvalue weighted by atomic mass is 9.80. The van der Waals surface area contributed by atoms with Crippen LogP contribution in [0.4, 0.5) is 0 Å². The van der Waals surface area contributed by atoms with E-state index in [9.17, 15) is 9.90 Å². The van der Waals surface area contributed by atoms with Crippen molar-refractivity contribution in [3.8, 4) is 0 Å². The maximum Gasteiger partial charge on any atom is 0.309 e. The van der Waals surface area contributed by atoms with Crippen molar-refractivity contribution in [2.45, 2.75) is 39.7 Å². The lowest BCUT2D eigenvalue weighted by molar-refractivity contribution is -0.148. The van der Waals surface area contributed by atoms with Gasteiger partial charge in [-0.15, -0.1) is 0 Å². The average molecular weight is 259 g/mol. The van der Waals surface area contributed by atoms with Crippen LogP contribution in [0.15, 0.2) is 36.5 Å². The van der Waals surface area contributed by atoms with Crippen LogP contribution in [0.25, 0.3) is 10.9 Å². The molecule has 0 fully saturated rings. The van der Waals surface area contributed by atoms with Gasteiger partial charge in [0.1, 0.15) is 0 Å². The van der Waals surface area contributed by atoms with E-state index in [0.717, 1.165) is 5.52 Å². The van der Waals surface area contributed by atoms with Crippen LogP contribution in [0.1, 0.15) is 34.1 Å². The third-order valence-corrected chi connectivity index (χ3v) is 3.71. The maximum atomic E-state index is 11.3. The second-order valence-electron chi connectivity index (χ2n) is 6.42. The summed E-state index contributed by atoms with van der Waals surface area (Å²) in [6, 6.07) is 10.2. The summed E-state index contributed by atoms with van der Waals surface area (Å²) < 4.78 is 2.17. The van der Waals surface area contributed by atoms with Crippen molar-refractivity contribution in [3.05, 3.63) is 36.5 Å². The van der Waals surface area contributed by atoms with Crippen LogP contribution in [-0.2, 0) is 10.3 Å². The second-order valence-corrected chi connectivity index (χ2v) is 6.42. The van der Waals surface area contributed by atoms with Gasteiger partial charge in [0.2, 0.25) is 0 Å². The third-order valence-electron chi connectivity index (χ3n) is 3.71. The Bertz CT molecular complexity index is 608. The summed E-state index contributed by atoms with van der Waals surface area (Å²) in [6.45, 7) is 7.74. The Kier molecular flexibility index (Phi) is 3.17. The maximum absolute atomic E-state index is 11.3. The quantitative estimate of drug-likeness (QED) is 0.905. The van der Waals surface area contributed by atoms with Gasteiger partial charge in [0.15, 0.2) is 0 Å². The Morgan fingerprint density at radius 1 is 1.16 bits per heavy atom. The van der Waals surface area contributed by atoms with Crippen molar-refractivity contribution < 1.29 is 9.90 Å². The van der Waals surface area contributed by atoms with Gasteiger partial charge in [0.05, 0.1) is 5.41 Å². The number of fused-ring (bicyclic) bond motifs is 1. The van der Waals surface area contributed by atoms with Crippen LogP contribution in [0.3, 0.4) is 0 Å². The lowest BCUT2D eigenvalue weighted by Crippen LogP contribution is -2.36. The van der Waals surface area contributed by atoms with Gasteiger partial charge >= 0.3 is 5.97 Å². The highest BCUT2D eigenvalue weighted by atomic mass is 16.4. The van der Waals surface area contributed by atoms with Crippen LogP contribution in [0.5, 0.6) is 0 Å². The monoisotopic (exact) mass is 259 g/mol. The summed E-state index contributed by atoms with van der Waals surface area (Å²) in [7, 11) is 0. The van der Waals surface area contributed by atoms with Crippen LogP contribution >= 0.6 is 0 Å². The highest BCUT2D eigenvalue weighted by Crippen LogP contribution is 2.35. The van der Waals surface area contributed by atoms with E-state index in [-0.39, 0.29) is 5.54 Å². The number of aromatic nitrogens is 1. The van der Waals surface area contributed by atoms with Crippen molar-refractivity contribution in [1.82, 2.24) is 4.57 Å². The summed E-state index contributed by atoms with van der Waals surface area (Å²) in [5.41, 5.74) is 0.161. The highest BCUT2D eigenvalue weighted by Gasteiger charge is 2.35. The van der Waals surface area contributed by atoms with Crippen molar-refractivity contribution in [2.75, 3.05) is 0 Å². The predicted octanol–water partition coefficient (Wildman–Crippen LogP) is 3.88. The van der Waals surface area contributed by atoms with E-state index in [1.54, 1.807) is 13.8 Å². The van der Waals surface area contributed by atoms with Crippen molar-refractivity contribution >= 4 is 16.9 Å². The second kappa shape index (κ2) is 4.41. The van der Waals surface area contributed by atoms with Gasteiger partial charge in [0, 0.05) is 17.3 Å². The van der Waals surface area contributed by atoms with Gasteiger partial charge in [0.25, 0.3) is 0 Å². The Morgan fingerprint density at radius 3 is 2.42 bits per heavy atom. The Balaban J connectivity index is 2.42. The average Bonchev–Trinajstić information content (AvgIpc) is 2.71. The number of hydrogen-bond acceptors (Lipinski definition) is 1. The summed E-state index contributed by atoms with van der Waals surface area (Å²) in [6.07, 6.45) is 2.62. The molecule has 0 aliphatic heterocycles. The molecule has 0 unspecified atom stereocenters. The molecule has 0 spiro atoms. The third kappa shape index (κ3) is 2.50. The summed E-state index contributed by atoms with van der Waals surface area (Å²) in [5, 5.41) is 10.5. The van der Waals surface area contributed by atoms with Crippen LogP contribution in [0, 0.1) is 5.41 Å². The van der Waals surface area contributed by atoms with E-state index >= 15 is 0 Å². The molecule has 1 aromatic carbocycles. The molecule has 0 saturated heterocycles. The van der Waals surface area contributed by atoms with Gasteiger partial charge in [-0.3, -0.25) is 4.79 Å². The molecule has 3 heteroatoms. The van der Waals surface area contributed by atoms with Gasteiger partial charge in [-0.25, -0.2) is 0 Å². The summed E-state index contributed by atoms with van der Waals surface area (Å²) in [5.74, 6) is -0.753. The Morgan fingerprint density at radius 2 is 1.79 bits per heavy atom. The number of carboxylic acid groups (broad SMARTS) is 1. The molecule has 3 nitrogen and oxygen atoms in total. The number of rotatable bonds is 4. The van der Waals surface area contributed by atoms with Gasteiger partial charge in [-0.1, -0.05) is 18.2 Å². The molecule has 0 atom stereocenters. The number of benzene rings is 1. The minimum atomic E-state index is -0.753. The molecule has 2 aromatic rings. The van der Waals surface area contributed by atoms with Crippen molar-refractivity contribution in [1.29, 1.82) is 0 Å². The van der Waals surface area contributed by atoms with Crippen molar-refractivity contribution in [2.24, 2.45) is 5.41 Å². The van der Waals surface area contributed by atoms with Crippen LogP contribution in [0.2, 0.25) is 0 Å². The van der Waals surface area contributed by atoms with Gasteiger partial charge < -0.3 is 9.67 Å². The largest absolute Gasteiger partial charge is 0.481 e. The zero-order valence-electron chi connectivity index (χ0n) is 12.0. The van der Waals surface area contributed by atoms with E-state index in [4.69, 9.17) is 0 Å². The lowest BCUT2D eigenvalue weighted by Gasteiger charge is -2.34.